The Balaban J connectivity index is 0.000000187. The molecule has 68 heavy (non-hydrogen) atoms. The number of nitrogens with one attached hydrogen (secondary N) is 4. The van der Waals surface area contributed by atoms with Crippen LogP contribution in [0.3, 0.4) is 0 Å². The number of aromatic nitrogens is 2. The van der Waals surface area contributed by atoms with Gasteiger partial charge in [0, 0.05) is 89.2 Å². The topological polar surface area (TPSA) is 203 Å². The summed E-state index contributed by atoms with van der Waals surface area (Å²) in [6.07, 6.45) is 6.72. The number of anilines is 2. The van der Waals surface area contributed by atoms with Crippen molar-refractivity contribution in [3.8, 4) is 22.3 Å². The molecule has 1 saturated heterocycles. The number of hydrogen-bond donors (Lipinski definition) is 5. The number of carbonyl (C=O) groups is 6. The zero-order valence-corrected chi connectivity index (χ0v) is 38.8. The van der Waals surface area contributed by atoms with Crippen LogP contribution in [0.2, 0.25) is 0 Å². The number of likely N-dealkylation sites (N-methyl/N-ethyl adjacent to an activating group) is 1. The fraction of sp³-hybridized carbons (Fsp3) is 0.265. The molecule has 0 spiro atoms. The van der Waals surface area contributed by atoms with E-state index in [1.165, 1.54) is 59.2 Å². The van der Waals surface area contributed by atoms with Gasteiger partial charge in [-0.1, -0.05) is 12.1 Å². The number of rotatable bonds is 12. The van der Waals surface area contributed by atoms with Crippen LogP contribution in [0.4, 0.5) is 19.0 Å². The van der Waals surface area contributed by atoms with Crippen molar-refractivity contribution < 1.29 is 42.7 Å². The van der Waals surface area contributed by atoms with Gasteiger partial charge in [-0.2, -0.15) is 0 Å². The molecule has 6 aromatic rings. The maximum absolute atomic E-state index is 15.0. The van der Waals surface area contributed by atoms with Gasteiger partial charge < -0.3 is 25.5 Å². The lowest BCUT2D eigenvalue weighted by Crippen LogP contribution is -2.47. The van der Waals surface area contributed by atoms with Gasteiger partial charge in [-0.15, -0.1) is 22.7 Å². The average Bonchev–Trinajstić information content (AvgIpc) is 4.22. The summed E-state index contributed by atoms with van der Waals surface area (Å²) in [5.74, 6) is -4.28. The summed E-state index contributed by atoms with van der Waals surface area (Å²) in [6.45, 7) is 5.89. The van der Waals surface area contributed by atoms with E-state index in [0.29, 0.717) is 56.7 Å². The molecule has 0 radical (unpaired) electrons. The Bertz CT molecular complexity index is 2930. The van der Waals surface area contributed by atoms with Crippen molar-refractivity contribution in [1.82, 2.24) is 30.4 Å². The van der Waals surface area contributed by atoms with Gasteiger partial charge in [0.1, 0.15) is 11.6 Å². The number of carboxylic acids is 1. The van der Waals surface area contributed by atoms with Crippen molar-refractivity contribution in [3.05, 3.63) is 140 Å². The molecule has 9 rings (SSSR count). The number of aromatic carboxylic acids is 1. The highest BCUT2D eigenvalue weighted by molar-refractivity contribution is 7.14. The first-order valence-electron chi connectivity index (χ1n) is 21.8. The molecule has 0 unspecified atom stereocenters. The Kier molecular flexibility index (Phi) is 14.1. The highest BCUT2D eigenvalue weighted by atomic mass is 32.1. The van der Waals surface area contributed by atoms with Gasteiger partial charge in [0.05, 0.1) is 5.56 Å². The number of piperazine rings is 1. The molecule has 350 valence electrons. The first-order chi connectivity index (χ1) is 32.6. The molecule has 15 nitrogen and oxygen atoms in total. The Morgan fingerprint density at radius 1 is 0.588 bits per heavy atom. The van der Waals surface area contributed by atoms with E-state index in [1.54, 1.807) is 60.0 Å². The third-order valence-corrected chi connectivity index (χ3v) is 13.1. The number of carboxylic acid groups (broad SMARTS) is 1. The van der Waals surface area contributed by atoms with Gasteiger partial charge in [0.15, 0.2) is 10.3 Å². The average molecular weight is 961 g/mol. The zero-order valence-electron chi connectivity index (χ0n) is 37.2. The zero-order chi connectivity index (χ0) is 48.2. The van der Waals surface area contributed by atoms with Crippen LogP contribution in [0.15, 0.2) is 83.8 Å². The summed E-state index contributed by atoms with van der Waals surface area (Å²) in [4.78, 5) is 88.3. The molecule has 3 aliphatic rings. The minimum absolute atomic E-state index is 0.0392. The maximum atomic E-state index is 15.0. The molecule has 0 atom stereocenters. The summed E-state index contributed by atoms with van der Waals surface area (Å²) in [5, 5.41) is 24.6. The van der Waals surface area contributed by atoms with Gasteiger partial charge in [0.2, 0.25) is 0 Å². The molecule has 3 heterocycles. The Hall–Kier alpha value is -7.22. The predicted molar refractivity (Wildman–Crippen MR) is 255 cm³/mol. The number of halogens is 2. The van der Waals surface area contributed by atoms with E-state index >= 15 is 4.39 Å². The molecule has 1 aliphatic heterocycles. The number of hydrogen-bond acceptors (Lipinski definition) is 11. The summed E-state index contributed by atoms with van der Waals surface area (Å²) < 4.78 is 29.7. The van der Waals surface area contributed by atoms with Crippen molar-refractivity contribution in [3.63, 3.8) is 0 Å². The Labute approximate surface area is 397 Å². The smallest absolute Gasteiger partial charge is 0.335 e. The van der Waals surface area contributed by atoms with Crippen molar-refractivity contribution >= 4 is 68.4 Å². The fourth-order valence-corrected chi connectivity index (χ4v) is 8.51. The molecule has 5 amide bonds. The third kappa shape index (κ3) is 11.1. The van der Waals surface area contributed by atoms with Crippen molar-refractivity contribution in [2.45, 2.75) is 51.6 Å². The first kappa shape index (κ1) is 47.3. The van der Waals surface area contributed by atoms with Crippen LogP contribution >= 0.6 is 22.7 Å². The summed E-state index contributed by atoms with van der Waals surface area (Å²) in [5.41, 5.74) is 2.91. The van der Waals surface area contributed by atoms with Gasteiger partial charge in [-0.25, -0.2) is 23.5 Å². The lowest BCUT2D eigenvalue weighted by atomic mass is 9.91. The van der Waals surface area contributed by atoms with Gasteiger partial charge >= 0.3 is 5.97 Å². The summed E-state index contributed by atoms with van der Waals surface area (Å²) >= 11 is 2.48. The van der Waals surface area contributed by atoms with Crippen LogP contribution in [0.1, 0.15) is 99.0 Å². The number of nitrogens with zero attached hydrogens (tertiary/aromatic N) is 4. The van der Waals surface area contributed by atoms with Gasteiger partial charge in [-0.3, -0.25) is 34.6 Å². The van der Waals surface area contributed by atoms with Crippen LogP contribution in [0, 0.1) is 25.5 Å². The van der Waals surface area contributed by atoms with Crippen LogP contribution in [-0.2, 0) is 0 Å². The lowest BCUT2D eigenvalue weighted by Gasteiger charge is -2.32. The minimum atomic E-state index is -1.20. The highest BCUT2D eigenvalue weighted by Gasteiger charge is 2.28. The van der Waals surface area contributed by atoms with E-state index in [2.05, 4.69) is 36.1 Å². The highest BCUT2D eigenvalue weighted by Crippen LogP contribution is 2.34. The number of benzene rings is 4. The molecule has 2 aliphatic carbocycles. The molecular formula is C49H46F2N8O7S2. The van der Waals surface area contributed by atoms with E-state index in [9.17, 15) is 38.3 Å². The quantitative estimate of drug-likeness (QED) is 0.0803. The van der Waals surface area contributed by atoms with Crippen molar-refractivity contribution in [2.75, 3.05) is 43.9 Å². The molecule has 5 N–H and O–H groups in total. The fourth-order valence-electron chi connectivity index (χ4n) is 7.46. The van der Waals surface area contributed by atoms with Crippen LogP contribution < -0.4 is 21.3 Å². The lowest BCUT2D eigenvalue weighted by molar-refractivity contribution is 0.0661. The molecule has 3 fully saturated rings. The van der Waals surface area contributed by atoms with Gasteiger partial charge in [-0.05, 0) is 128 Å². The molecule has 2 aromatic heterocycles. The Morgan fingerprint density at radius 3 is 1.44 bits per heavy atom. The van der Waals surface area contributed by atoms with Crippen LogP contribution in [0.5, 0.6) is 0 Å². The van der Waals surface area contributed by atoms with Crippen molar-refractivity contribution in [1.29, 1.82) is 0 Å². The SMILES string of the molecule is Cc1c(F)cc(C(=O)NC2CC2)cc1-c1ccc(C(=O)N2CCN(C)CC2)cc1C(=O)Nc1nccs1.Cc1c(F)cc(C(=O)NC2CC2)cc1-c1ccc(C(=O)O)cc1C(=O)Nc1nccs1. The Morgan fingerprint density at radius 2 is 1.03 bits per heavy atom. The summed E-state index contributed by atoms with van der Waals surface area (Å²) in [7, 11) is 2.01. The third-order valence-electron chi connectivity index (χ3n) is 11.7. The normalized spacial score (nSPS) is 14.6. The van der Waals surface area contributed by atoms with E-state index in [4.69, 9.17) is 0 Å². The maximum Gasteiger partial charge on any atom is 0.335 e. The standard InChI is InChI=1S/C27H28FN5O3S.C22H18FN3O4S/c1-16-21(14-18(15-23(16)28)24(34)30-19-4-5-19)20-6-3-17(26(36)33-10-8-32(2)9-11-33)13-22(20)25(35)31-27-29-7-12-37-27;1-11-16(9-13(10-18(11)23)19(27)25-14-3-4-14)15-5-2-12(21(29)30)8-17(15)20(28)26-22-24-6-7-31-22/h3,6-7,12-15,19H,4-5,8-11H2,1-2H3,(H,30,34)(H,29,31,35);2,5-10,14H,3-4H2,1H3,(H,25,27)(H,29,30)(H,24,26,28). The van der Waals surface area contributed by atoms with E-state index in [1.807, 2.05) is 7.05 Å². The minimum Gasteiger partial charge on any atom is -0.478 e. The second-order valence-corrected chi connectivity index (χ2v) is 18.5. The van der Waals surface area contributed by atoms with E-state index < -0.39 is 35.3 Å². The number of amides is 5. The van der Waals surface area contributed by atoms with E-state index in [0.717, 1.165) is 44.8 Å². The summed E-state index contributed by atoms with van der Waals surface area (Å²) in [6, 6.07) is 14.6. The van der Waals surface area contributed by atoms with Crippen LogP contribution in [0.25, 0.3) is 22.3 Å². The monoisotopic (exact) mass is 960 g/mol. The van der Waals surface area contributed by atoms with Gasteiger partial charge in [0.25, 0.3) is 29.5 Å². The molecule has 4 aromatic carbocycles. The van der Waals surface area contributed by atoms with Crippen LogP contribution in [-0.4, -0.2) is 106 Å². The van der Waals surface area contributed by atoms with E-state index in [-0.39, 0.29) is 57.3 Å². The molecule has 0 bridgehead atoms. The van der Waals surface area contributed by atoms with Crippen molar-refractivity contribution in [2.24, 2.45) is 0 Å². The second-order valence-electron chi connectivity index (χ2n) is 16.8. The molecule has 2 saturated carbocycles. The first-order valence-corrected chi connectivity index (χ1v) is 23.5. The largest absolute Gasteiger partial charge is 0.478 e. The second kappa shape index (κ2) is 20.3. The molecule has 19 heteroatoms. The molecular weight excluding hydrogens is 915 g/mol. The predicted octanol–water partition coefficient (Wildman–Crippen LogP) is 7.89. The number of carbonyl (C=O) groups excluding carboxylic acids is 5. The number of thiazole rings is 2.